The van der Waals surface area contributed by atoms with Crippen LogP contribution in [-0.2, 0) is 0 Å². The highest BCUT2D eigenvalue weighted by Gasteiger charge is 1.95. The average molecular weight is 370 g/mol. The molecule has 0 aromatic carbocycles. The molecular formula is C24H51NO. The molecule has 0 aliphatic carbocycles. The van der Waals surface area contributed by atoms with Crippen LogP contribution in [-0.4, -0.2) is 24.8 Å². The third-order valence-electron chi connectivity index (χ3n) is 5.47. The number of nitrogens with one attached hydrogen (secondary N) is 1. The van der Waals surface area contributed by atoms with Gasteiger partial charge in [0.05, 0.1) is 0 Å². The fourth-order valence-electron chi connectivity index (χ4n) is 3.64. The van der Waals surface area contributed by atoms with Crippen molar-refractivity contribution in [2.75, 3.05) is 19.7 Å². The van der Waals surface area contributed by atoms with Gasteiger partial charge in [-0.25, -0.2) is 0 Å². The van der Waals surface area contributed by atoms with E-state index in [0.717, 1.165) is 25.9 Å². The third-order valence-corrected chi connectivity index (χ3v) is 5.47. The topological polar surface area (TPSA) is 32.3 Å². The predicted molar refractivity (Wildman–Crippen MR) is 118 cm³/mol. The maximum atomic E-state index is 8.70. The molecule has 0 aliphatic heterocycles. The van der Waals surface area contributed by atoms with E-state index in [1.54, 1.807) is 0 Å². The van der Waals surface area contributed by atoms with Crippen molar-refractivity contribution in [3.05, 3.63) is 0 Å². The monoisotopic (exact) mass is 369 g/mol. The lowest BCUT2D eigenvalue weighted by atomic mass is 10.0. The standard InChI is InChI=1S/C24H51NO/c1-2-3-4-5-6-7-8-9-10-11-12-13-14-15-16-17-18-19-22-25-23-20-21-24-26/h25-26H,2-24H2,1H3. The Morgan fingerprint density at radius 2 is 0.731 bits per heavy atom. The quantitative estimate of drug-likeness (QED) is 0.184. The molecule has 158 valence electrons. The van der Waals surface area contributed by atoms with Crippen LogP contribution in [0.3, 0.4) is 0 Å². The molecular weight excluding hydrogens is 318 g/mol. The minimum Gasteiger partial charge on any atom is -0.396 e. The van der Waals surface area contributed by atoms with Crippen LogP contribution in [0.25, 0.3) is 0 Å². The van der Waals surface area contributed by atoms with Crippen LogP contribution in [0.15, 0.2) is 0 Å². The van der Waals surface area contributed by atoms with Gasteiger partial charge in [-0.3, -0.25) is 0 Å². The zero-order valence-electron chi connectivity index (χ0n) is 18.2. The minimum absolute atomic E-state index is 0.334. The first-order valence-electron chi connectivity index (χ1n) is 12.2. The summed E-state index contributed by atoms with van der Waals surface area (Å²) in [5, 5.41) is 12.2. The lowest BCUT2D eigenvalue weighted by Gasteiger charge is -2.05. The Morgan fingerprint density at radius 1 is 0.423 bits per heavy atom. The molecule has 0 bridgehead atoms. The van der Waals surface area contributed by atoms with Gasteiger partial charge in [0.15, 0.2) is 0 Å². The van der Waals surface area contributed by atoms with Gasteiger partial charge in [0.25, 0.3) is 0 Å². The fourth-order valence-corrected chi connectivity index (χ4v) is 3.64. The molecule has 0 fully saturated rings. The van der Waals surface area contributed by atoms with E-state index in [9.17, 15) is 0 Å². The van der Waals surface area contributed by atoms with E-state index in [2.05, 4.69) is 12.2 Å². The number of rotatable bonds is 23. The highest BCUT2D eigenvalue weighted by Crippen LogP contribution is 2.14. The van der Waals surface area contributed by atoms with E-state index in [0.29, 0.717) is 6.61 Å². The van der Waals surface area contributed by atoms with Crippen LogP contribution in [0.5, 0.6) is 0 Å². The molecule has 0 aromatic rings. The number of hydrogen-bond acceptors (Lipinski definition) is 2. The molecule has 2 nitrogen and oxygen atoms in total. The first-order chi connectivity index (χ1) is 12.9. The number of hydrogen-bond donors (Lipinski definition) is 2. The molecule has 0 amide bonds. The van der Waals surface area contributed by atoms with Gasteiger partial charge in [-0.2, -0.15) is 0 Å². The smallest absolute Gasteiger partial charge is 0.0431 e. The molecule has 2 N–H and O–H groups in total. The largest absolute Gasteiger partial charge is 0.396 e. The highest BCUT2D eigenvalue weighted by atomic mass is 16.2. The summed E-state index contributed by atoms with van der Waals surface area (Å²) < 4.78 is 0. The first-order valence-corrected chi connectivity index (χ1v) is 12.2. The SMILES string of the molecule is CCCCCCCCCCCCCCCCCCCCNCCCCO. The molecule has 26 heavy (non-hydrogen) atoms. The minimum atomic E-state index is 0.334. The summed E-state index contributed by atoms with van der Waals surface area (Å²) in [6.07, 6.45) is 28.0. The van der Waals surface area contributed by atoms with Crippen LogP contribution < -0.4 is 5.32 Å². The van der Waals surface area contributed by atoms with E-state index < -0.39 is 0 Å². The Balaban J connectivity index is 2.95. The normalized spacial score (nSPS) is 11.3. The van der Waals surface area contributed by atoms with Crippen LogP contribution in [0.1, 0.15) is 135 Å². The maximum absolute atomic E-state index is 8.70. The van der Waals surface area contributed by atoms with Crippen molar-refractivity contribution in [3.8, 4) is 0 Å². The summed E-state index contributed by atoms with van der Waals surface area (Å²) in [6.45, 7) is 4.85. The molecule has 0 heterocycles. The van der Waals surface area contributed by atoms with Gasteiger partial charge in [0.1, 0.15) is 0 Å². The summed E-state index contributed by atoms with van der Waals surface area (Å²) in [4.78, 5) is 0. The Labute approximate surface area is 165 Å². The lowest BCUT2D eigenvalue weighted by molar-refractivity contribution is 0.283. The van der Waals surface area contributed by atoms with Gasteiger partial charge >= 0.3 is 0 Å². The molecule has 0 atom stereocenters. The first kappa shape index (κ1) is 25.9. The number of aliphatic hydroxyl groups is 1. The second kappa shape index (κ2) is 24.9. The fraction of sp³-hybridized carbons (Fsp3) is 1.00. The van der Waals surface area contributed by atoms with Crippen molar-refractivity contribution in [1.29, 1.82) is 0 Å². The number of unbranched alkanes of at least 4 members (excludes halogenated alkanes) is 18. The van der Waals surface area contributed by atoms with Crippen LogP contribution in [0, 0.1) is 0 Å². The lowest BCUT2D eigenvalue weighted by Crippen LogP contribution is -2.16. The van der Waals surface area contributed by atoms with E-state index in [1.165, 1.54) is 116 Å². The van der Waals surface area contributed by atoms with Gasteiger partial charge in [0, 0.05) is 6.61 Å². The molecule has 0 spiro atoms. The van der Waals surface area contributed by atoms with E-state index >= 15 is 0 Å². The van der Waals surface area contributed by atoms with Gasteiger partial charge in [-0.15, -0.1) is 0 Å². The molecule has 0 unspecified atom stereocenters. The maximum Gasteiger partial charge on any atom is 0.0431 e. The Kier molecular flexibility index (Phi) is 24.8. The van der Waals surface area contributed by atoms with Crippen molar-refractivity contribution in [1.82, 2.24) is 5.32 Å². The van der Waals surface area contributed by atoms with Crippen molar-refractivity contribution in [2.45, 2.75) is 135 Å². The van der Waals surface area contributed by atoms with Gasteiger partial charge in [-0.05, 0) is 32.4 Å². The predicted octanol–water partition coefficient (Wildman–Crippen LogP) is 7.39. The zero-order valence-corrected chi connectivity index (χ0v) is 18.2. The average Bonchev–Trinajstić information content (AvgIpc) is 2.66. The Morgan fingerprint density at radius 3 is 1.08 bits per heavy atom. The zero-order chi connectivity index (χ0) is 19.0. The van der Waals surface area contributed by atoms with Crippen molar-refractivity contribution < 1.29 is 5.11 Å². The van der Waals surface area contributed by atoms with Crippen molar-refractivity contribution in [2.24, 2.45) is 0 Å². The second-order valence-electron chi connectivity index (χ2n) is 8.19. The van der Waals surface area contributed by atoms with Crippen LogP contribution in [0.4, 0.5) is 0 Å². The summed E-state index contributed by atoms with van der Waals surface area (Å²) >= 11 is 0. The summed E-state index contributed by atoms with van der Waals surface area (Å²) in [5.41, 5.74) is 0. The van der Waals surface area contributed by atoms with E-state index in [4.69, 9.17) is 5.11 Å². The van der Waals surface area contributed by atoms with Gasteiger partial charge in [-0.1, -0.05) is 116 Å². The molecule has 0 rings (SSSR count). The van der Waals surface area contributed by atoms with Gasteiger partial charge < -0.3 is 10.4 Å². The van der Waals surface area contributed by atoms with Crippen LogP contribution >= 0.6 is 0 Å². The summed E-state index contributed by atoms with van der Waals surface area (Å²) in [6, 6.07) is 0. The molecule has 0 saturated carbocycles. The van der Waals surface area contributed by atoms with E-state index in [-0.39, 0.29) is 0 Å². The Bertz CT molecular complexity index is 208. The van der Waals surface area contributed by atoms with E-state index in [1.807, 2.05) is 0 Å². The summed E-state index contributed by atoms with van der Waals surface area (Å²) in [7, 11) is 0. The number of aliphatic hydroxyl groups excluding tert-OH is 1. The third kappa shape index (κ3) is 23.9. The summed E-state index contributed by atoms with van der Waals surface area (Å²) in [5.74, 6) is 0. The molecule has 0 aromatic heterocycles. The highest BCUT2D eigenvalue weighted by molar-refractivity contribution is 4.52. The van der Waals surface area contributed by atoms with Gasteiger partial charge in [0.2, 0.25) is 0 Å². The molecule has 0 radical (unpaired) electrons. The van der Waals surface area contributed by atoms with Crippen LogP contribution in [0.2, 0.25) is 0 Å². The molecule has 0 aliphatic rings. The van der Waals surface area contributed by atoms with Crippen molar-refractivity contribution >= 4 is 0 Å². The Hall–Kier alpha value is -0.0800. The molecule has 0 saturated heterocycles. The molecule has 2 heteroatoms. The second-order valence-corrected chi connectivity index (χ2v) is 8.19. The van der Waals surface area contributed by atoms with Crippen molar-refractivity contribution in [3.63, 3.8) is 0 Å².